The van der Waals surface area contributed by atoms with Gasteiger partial charge in [-0.3, -0.25) is 14.2 Å². The Labute approximate surface area is 131 Å². The standard InChI is InChI=1S/C15H16N6O2/c1-9-15(16)11-5-3-4-6-12(11)21(9)14(23)8-20-17-7-13(19-20)18-10(2)22/h3-7H,8,16H2,1-2H3,(H,18,19,22). The van der Waals surface area contributed by atoms with E-state index in [-0.39, 0.29) is 18.4 Å². The highest BCUT2D eigenvalue weighted by molar-refractivity contribution is 6.01. The molecule has 0 bridgehead atoms. The predicted molar refractivity (Wildman–Crippen MR) is 86.0 cm³/mol. The van der Waals surface area contributed by atoms with Gasteiger partial charge in [-0.25, -0.2) is 0 Å². The van der Waals surface area contributed by atoms with Gasteiger partial charge >= 0.3 is 0 Å². The third kappa shape index (κ3) is 2.66. The van der Waals surface area contributed by atoms with Crippen molar-refractivity contribution in [1.82, 2.24) is 19.6 Å². The number of nitrogens with zero attached hydrogens (tertiary/aromatic N) is 4. The quantitative estimate of drug-likeness (QED) is 0.760. The SMILES string of the molecule is CC(=O)Nc1cnn(CC(=O)n2c(C)c(N)c3ccccc32)n1. The Morgan fingerprint density at radius 3 is 2.78 bits per heavy atom. The molecule has 0 saturated heterocycles. The van der Waals surface area contributed by atoms with E-state index in [9.17, 15) is 9.59 Å². The van der Waals surface area contributed by atoms with Crippen LogP contribution in [0.1, 0.15) is 17.4 Å². The molecule has 0 atom stereocenters. The van der Waals surface area contributed by atoms with Crippen LogP contribution in [-0.4, -0.2) is 31.4 Å². The summed E-state index contributed by atoms with van der Waals surface area (Å²) in [4.78, 5) is 24.8. The lowest BCUT2D eigenvalue weighted by atomic mass is 10.2. The number of nitrogen functional groups attached to an aromatic ring is 1. The number of hydrogen-bond donors (Lipinski definition) is 2. The smallest absolute Gasteiger partial charge is 0.254 e. The first-order valence-electron chi connectivity index (χ1n) is 7.04. The summed E-state index contributed by atoms with van der Waals surface area (Å²) in [6.45, 7) is 3.12. The Morgan fingerprint density at radius 2 is 2.04 bits per heavy atom. The molecule has 0 aliphatic rings. The number of fused-ring (bicyclic) bond motifs is 1. The molecule has 2 aromatic heterocycles. The Balaban J connectivity index is 1.91. The van der Waals surface area contributed by atoms with Crippen molar-refractivity contribution in [3.8, 4) is 0 Å². The molecular weight excluding hydrogens is 296 g/mol. The predicted octanol–water partition coefficient (Wildman–Crippen LogP) is 1.42. The minimum Gasteiger partial charge on any atom is -0.397 e. The van der Waals surface area contributed by atoms with E-state index in [1.165, 1.54) is 17.9 Å². The largest absolute Gasteiger partial charge is 0.397 e. The number of aromatic nitrogens is 4. The maximum atomic E-state index is 12.6. The van der Waals surface area contributed by atoms with Crippen molar-refractivity contribution in [2.45, 2.75) is 20.4 Å². The van der Waals surface area contributed by atoms with Crippen LogP contribution in [0.2, 0.25) is 0 Å². The van der Waals surface area contributed by atoms with E-state index >= 15 is 0 Å². The van der Waals surface area contributed by atoms with E-state index in [0.717, 1.165) is 10.9 Å². The van der Waals surface area contributed by atoms with Gasteiger partial charge in [0.05, 0.1) is 17.4 Å². The Morgan fingerprint density at radius 1 is 1.30 bits per heavy atom. The highest BCUT2D eigenvalue weighted by atomic mass is 16.2. The van der Waals surface area contributed by atoms with Gasteiger partial charge in [-0.15, -0.1) is 5.10 Å². The molecule has 0 spiro atoms. The van der Waals surface area contributed by atoms with Crippen molar-refractivity contribution in [1.29, 1.82) is 0 Å². The van der Waals surface area contributed by atoms with Crippen molar-refractivity contribution in [2.24, 2.45) is 0 Å². The molecule has 3 rings (SSSR count). The van der Waals surface area contributed by atoms with Crippen LogP contribution < -0.4 is 11.1 Å². The molecule has 0 fully saturated rings. The van der Waals surface area contributed by atoms with E-state index in [1.807, 2.05) is 24.3 Å². The number of nitrogens with two attached hydrogens (primary N) is 1. The van der Waals surface area contributed by atoms with Crippen LogP contribution in [-0.2, 0) is 11.3 Å². The van der Waals surface area contributed by atoms with Crippen LogP contribution in [0.5, 0.6) is 0 Å². The van der Waals surface area contributed by atoms with Crippen LogP contribution in [0.15, 0.2) is 30.5 Å². The number of carbonyl (C=O) groups excluding carboxylic acids is 2. The molecule has 1 aromatic carbocycles. The maximum absolute atomic E-state index is 12.6. The molecule has 0 aliphatic carbocycles. The highest BCUT2D eigenvalue weighted by Gasteiger charge is 2.17. The zero-order chi connectivity index (χ0) is 16.6. The lowest BCUT2D eigenvalue weighted by Crippen LogP contribution is -2.20. The third-order valence-corrected chi connectivity index (χ3v) is 3.53. The van der Waals surface area contributed by atoms with Gasteiger partial charge in [0, 0.05) is 18.0 Å². The topological polar surface area (TPSA) is 108 Å². The molecule has 8 heteroatoms. The van der Waals surface area contributed by atoms with E-state index in [1.54, 1.807) is 11.5 Å². The van der Waals surface area contributed by atoms with Gasteiger partial charge in [0.15, 0.2) is 5.82 Å². The van der Waals surface area contributed by atoms with Gasteiger partial charge in [0.25, 0.3) is 5.91 Å². The van der Waals surface area contributed by atoms with E-state index in [2.05, 4.69) is 15.5 Å². The molecule has 118 valence electrons. The molecule has 1 amide bonds. The van der Waals surface area contributed by atoms with Crippen molar-refractivity contribution in [2.75, 3.05) is 11.1 Å². The first kappa shape index (κ1) is 14.8. The van der Waals surface area contributed by atoms with E-state index < -0.39 is 0 Å². The van der Waals surface area contributed by atoms with Crippen LogP contribution in [0.3, 0.4) is 0 Å². The highest BCUT2D eigenvalue weighted by Crippen LogP contribution is 2.27. The zero-order valence-electron chi connectivity index (χ0n) is 12.8. The molecule has 2 heterocycles. The number of benzene rings is 1. The maximum Gasteiger partial charge on any atom is 0.254 e. The molecule has 8 nitrogen and oxygen atoms in total. The number of hydrogen-bond acceptors (Lipinski definition) is 5. The molecular formula is C15H16N6O2. The van der Waals surface area contributed by atoms with Crippen molar-refractivity contribution >= 4 is 34.2 Å². The Kier molecular flexibility index (Phi) is 3.57. The molecule has 0 unspecified atom stereocenters. The fourth-order valence-electron chi connectivity index (χ4n) is 2.52. The first-order valence-corrected chi connectivity index (χ1v) is 7.04. The van der Waals surface area contributed by atoms with Crippen LogP contribution in [0.4, 0.5) is 11.5 Å². The van der Waals surface area contributed by atoms with Gasteiger partial charge in [-0.05, 0) is 13.0 Å². The van der Waals surface area contributed by atoms with Gasteiger partial charge < -0.3 is 11.1 Å². The number of carbonyl (C=O) groups is 2. The molecule has 0 saturated carbocycles. The first-order chi connectivity index (χ1) is 11.0. The summed E-state index contributed by atoms with van der Waals surface area (Å²) in [5.74, 6) is -0.150. The molecule has 23 heavy (non-hydrogen) atoms. The van der Waals surface area contributed by atoms with Crippen molar-refractivity contribution in [3.05, 3.63) is 36.2 Å². The number of anilines is 2. The molecule has 3 N–H and O–H groups in total. The van der Waals surface area contributed by atoms with Crippen LogP contribution >= 0.6 is 0 Å². The fraction of sp³-hybridized carbons (Fsp3) is 0.200. The van der Waals surface area contributed by atoms with Gasteiger partial charge in [-0.2, -0.15) is 9.90 Å². The second-order valence-electron chi connectivity index (χ2n) is 5.19. The average molecular weight is 312 g/mol. The van der Waals surface area contributed by atoms with E-state index in [0.29, 0.717) is 17.2 Å². The summed E-state index contributed by atoms with van der Waals surface area (Å²) < 4.78 is 1.56. The number of nitrogens with one attached hydrogen (secondary N) is 1. The Hall–Kier alpha value is -3.16. The minimum atomic E-state index is -0.247. The Bertz CT molecular complexity index is 908. The monoisotopic (exact) mass is 312 g/mol. The average Bonchev–Trinajstić information content (AvgIpc) is 3.02. The van der Waals surface area contributed by atoms with Crippen molar-refractivity contribution < 1.29 is 9.59 Å². The lowest BCUT2D eigenvalue weighted by molar-refractivity contribution is -0.114. The van der Waals surface area contributed by atoms with Crippen LogP contribution in [0, 0.1) is 6.92 Å². The minimum absolute atomic E-state index is 0.0570. The molecule has 3 aromatic rings. The third-order valence-electron chi connectivity index (χ3n) is 3.53. The van der Waals surface area contributed by atoms with Crippen molar-refractivity contribution in [3.63, 3.8) is 0 Å². The molecule has 0 radical (unpaired) electrons. The lowest BCUT2D eigenvalue weighted by Gasteiger charge is -2.06. The van der Waals surface area contributed by atoms with Gasteiger partial charge in [0.1, 0.15) is 6.54 Å². The molecule has 0 aliphatic heterocycles. The number of para-hydroxylation sites is 1. The summed E-state index contributed by atoms with van der Waals surface area (Å²) >= 11 is 0. The summed E-state index contributed by atoms with van der Waals surface area (Å²) in [5, 5.41) is 11.4. The summed E-state index contributed by atoms with van der Waals surface area (Å²) in [5.41, 5.74) is 8.09. The van der Waals surface area contributed by atoms with Gasteiger partial charge in [0.2, 0.25) is 5.91 Å². The summed E-state index contributed by atoms with van der Waals surface area (Å²) in [7, 11) is 0. The normalized spacial score (nSPS) is 10.9. The number of amides is 1. The van der Waals surface area contributed by atoms with E-state index in [4.69, 9.17) is 5.73 Å². The van der Waals surface area contributed by atoms with Crippen LogP contribution in [0.25, 0.3) is 10.9 Å². The second kappa shape index (κ2) is 5.56. The number of rotatable bonds is 3. The van der Waals surface area contributed by atoms with Gasteiger partial charge in [-0.1, -0.05) is 18.2 Å². The second-order valence-corrected chi connectivity index (χ2v) is 5.19. The summed E-state index contributed by atoms with van der Waals surface area (Å²) in [6.07, 6.45) is 1.39. The zero-order valence-corrected chi connectivity index (χ0v) is 12.8. The summed E-state index contributed by atoms with van der Waals surface area (Å²) in [6, 6.07) is 7.45. The fourth-order valence-corrected chi connectivity index (χ4v) is 2.52.